The van der Waals surface area contributed by atoms with E-state index in [1.54, 1.807) is 11.3 Å². The minimum absolute atomic E-state index is 0. The quantitative estimate of drug-likeness (QED) is 0.468. The molecule has 1 atom stereocenters. The molecule has 0 spiro atoms. The Balaban J connectivity index is 0.00000289. The molecule has 0 radical (unpaired) electrons. The Labute approximate surface area is 131 Å². The van der Waals surface area contributed by atoms with Crippen molar-refractivity contribution in [3.05, 3.63) is 16.1 Å². The lowest BCUT2D eigenvalue weighted by atomic mass is 10.3. The van der Waals surface area contributed by atoms with Gasteiger partial charge in [0, 0.05) is 23.7 Å². The fourth-order valence-corrected chi connectivity index (χ4v) is 1.99. The number of guanidine groups is 1. The number of halogens is 1. The van der Waals surface area contributed by atoms with Crippen molar-refractivity contribution in [1.29, 1.82) is 0 Å². The second-order valence-electron chi connectivity index (χ2n) is 4.01. The van der Waals surface area contributed by atoms with Crippen LogP contribution in [0, 0.1) is 6.92 Å². The van der Waals surface area contributed by atoms with E-state index in [0.29, 0.717) is 12.6 Å². The van der Waals surface area contributed by atoms with Gasteiger partial charge in [-0.3, -0.25) is 0 Å². The van der Waals surface area contributed by atoms with Crippen LogP contribution >= 0.6 is 35.3 Å². The summed E-state index contributed by atoms with van der Waals surface area (Å²) >= 11 is 1.70. The molecule has 0 saturated carbocycles. The topological polar surface area (TPSA) is 49.3 Å². The van der Waals surface area contributed by atoms with E-state index in [2.05, 4.69) is 48.3 Å². The standard InChI is InChI=1S/C12H22N4S.HI/c1-5-9(3)16-12(13-6-2)15-8-11-14-7-10(4)17-11;/h7,9H,5-6,8H2,1-4H3,(H2,13,15,16);1H. The van der Waals surface area contributed by atoms with Gasteiger partial charge in [-0.25, -0.2) is 9.98 Å². The molecule has 2 N–H and O–H groups in total. The predicted octanol–water partition coefficient (Wildman–Crippen LogP) is 2.92. The van der Waals surface area contributed by atoms with E-state index in [1.165, 1.54) is 4.88 Å². The molecule has 1 rings (SSSR count). The van der Waals surface area contributed by atoms with Gasteiger partial charge < -0.3 is 10.6 Å². The first-order chi connectivity index (χ1) is 8.15. The zero-order chi connectivity index (χ0) is 12.7. The van der Waals surface area contributed by atoms with Crippen molar-refractivity contribution in [2.24, 2.45) is 4.99 Å². The molecule has 1 heterocycles. The monoisotopic (exact) mass is 382 g/mol. The Hall–Kier alpha value is -0.370. The number of aryl methyl sites for hydroxylation is 1. The fraction of sp³-hybridized carbons (Fsp3) is 0.667. The average Bonchev–Trinajstić information content (AvgIpc) is 2.72. The zero-order valence-electron chi connectivity index (χ0n) is 11.5. The largest absolute Gasteiger partial charge is 0.357 e. The molecule has 1 aromatic rings. The molecule has 4 nitrogen and oxygen atoms in total. The van der Waals surface area contributed by atoms with Crippen molar-refractivity contribution in [3.8, 4) is 0 Å². The highest BCUT2D eigenvalue weighted by Gasteiger charge is 2.03. The molecular formula is C12H23IN4S. The summed E-state index contributed by atoms with van der Waals surface area (Å²) in [7, 11) is 0. The number of thiazole rings is 1. The maximum atomic E-state index is 4.53. The highest BCUT2D eigenvalue weighted by Crippen LogP contribution is 2.11. The van der Waals surface area contributed by atoms with Gasteiger partial charge in [-0.05, 0) is 27.2 Å². The molecule has 18 heavy (non-hydrogen) atoms. The Morgan fingerprint density at radius 1 is 1.50 bits per heavy atom. The lowest BCUT2D eigenvalue weighted by molar-refractivity contribution is 0.624. The summed E-state index contributed by atoms with van der Waals surface area (Å²) < 4.78 is 0. The van der Waals surface area contributed by atoms with Crippen LogP contribution in [-0.2, 0) is 6.54 Å². The number of nitrogens with zero attached hydrogens (tertiary/aromatic N) is 2. The molecule has 1 unspecified atom stereocenters. The molecule has 6 heteroatoms. The van der Waals surface area contributed by atoms with E-state index >= 15 is 0 Å². The summed E-state index contributed by atoms with van der Waals surface area (Å²) in [5.74, 6) is 0.870. The van der Waals surface area contributed by atoms with E-state index in [4.69, 9.17) is 0 Å². The van der Waals surface area contributed by atoms with Gasteiger partial charge in [0.05, 0.1) is 6.54 Å². The third kappa shape index (κ3) is 6.53. The lowest BCUT2D eigenvalue weighted by Crippen LogP contribution is -2.41. The van der Waals surface area contributed by atoms with E-state index < -0.39 is 0 Å². The Bertz CT molecular complexity index is 365. The number of rotatable bonds is 5. The van der Waals surface area contributed by atoms with Gasteiger partial charge in [0.25, 0.3) is 0 Å². The van der Waals surface area contributed by atoms with E-state index in [9.17, 15) is 0 Å². The maximum Gasteiger partial charge on any atom is 0.191 e. The maximum absolute atomic E-state index is 4.53. The van der Waals surface area contributed by atoms with Crippen molar-refractivity contribution >= 4 is 41.3 Å². The van der Waals surface area contributed by atoms with Gasteiger partial charge in [0.15, 0.2) is 5.96 Å². The SMILES string of the molecule is CCNC(=NCc1ncc(C)s1)NC(C)CC.I. The summed E-state index contributed by atoms with van der Waals surface area (Å²) in [6.45, 7) is 9.96. The van der Waals surface area contributed by atoms with E-state index in [-0.39, 0.29) is 24.0 Å². The fourth-order valence-electron chi connectivity index (χ4n) is 1.28. The molecule has 0 fully saturated rings. The van der Waals surface area contributed by atoms with Crippen LogP contribution in [0.5, 0.6) is 0 Å². The minimum atomic E-state index is 0. The normalized spacial score (nSPS) is 12.8. The molecular weight excluding hydrogens is 359 g/mol. The summed E-state index contributed by atoms with van der Waals surface area (Å²) in [6.07, 6.45) is 2.98. The van der Waals surface area contributed by atoms with Crippen LogP contribution < -0.4 is 10.6 Å². The van der Waals surface area contributed by atoms with Crippen LogP contribution in [0.15, 0.2) is 11.2 Å². The summed E-state index contributed by atoms with van der Waals surface area (Å²) in [6, 6.07) is 0.436. The molecule has 0 saturated heterocycles. The summed E-state index contributed by atoms with van der Waals surface area (Å²) in [5, 5.41) is 7.66. The average molecular weight is 382 g/mol. The predicted molar refractivity (Wildman–Crippen MR) is 90.0 cm³/mol. The van der Waals surface area contributed by atoms with Gasteiger partial charge in [-0.2, -0.15) is 0 Å². The first-order valence-corrected chi connectivity index (χ1v) is 6.93. The van der Waals surface area contributed by atoms with Crippen LogP contribution in [0.3, 0.4) is 0 Å². The van der Waals surface area contributed by atoms with Crippen molar-refractivity contribution in [2.45, 2.75) is 46.7 Å². The summed E-state index contributed by atoms with van der Waals surface area (Å²) in [5.41, 5.74) is 0. The molecule has 0 amide bonds. The molecule has 0 aromatic carbocycles. The van der Waals surface area contributed by atoms with Gasteiger partial charge in [-0.1, -0.05) is 6.92 Å². The second-order valence-corrected chi connectivity index (χ2v) is 5.33. The highest BCUT2D eigenvalue weighted by molar-refractivity contribution is 14.0. The third-order valence-electron chi connectivity index (χ3n) is 2.38. The van der Waals surface area contributed by atoms with Crippen LogP contribution in [0.1, 0.15) is 37.1 Å². The first-order valence-electron chi connectivity index (χ1n) is 6.11. The van der Waals surface area contributed by atoms with Crippen molar-refractivity contribution in [1.82, 2.24) is 15.6 Å². The van der Waals surface area contributed by atoms with Crippen LogP contribution in [0.2, 0.25) is 0 Å². The summed E-state index contributed by atoms with van der Waals surface area (Å²) in [4.78, 5) is 10.1. The number of aliphatic imine (C=N–C) groups is 1. The van der Waals surface area contributed by atoms with Gasteiger partial charge in [0.2, 0.25) is 0 Å². The van der Waals surface area contributed by atoms with Crippen LogP contribution in [0.25, 0.3) is 0 Å². The number of hydrogen-bond donors (Lipinski definition) is 2. The third-order valence-corrected chi connectivity index (χ3v) is 3.28. The number of aromatic nitrogens is 1. The van der Waals surface area contributed by atoms with Crippen LogP contribution in [0.4, 0.5) is 0 Å². The molecule has 0 aliphatic heterocycles. The van der Waals surface area contributed by atoms with Gasteiger partial charge >= 0.3 is 0 Å². The van der Waals surface area contributed by atoms with E-state index in [0.717, 1.165) is 23.9 Å². The van der Waals surface area contributed by atoms with Gasteiger partial charge in [-0.15, -0.1) is 35.3 Å². The van der Waals surface area contributed by atoms with Gasteiger partial charge in [0.1, 0.15) is 5.01 Å². The Morgan fingerprint density at radius 3 is 2.72 bits per heavy atom. The molecule has 104 valence electrons. The number of hydrogen-bond acceptors (Lipinski definition) is 3. The molecule has 0 bridgehead atoms. The highest BCUT2D eigenvalue weighted by atomic mass is 127. The zero-order valence-corrected chi connectivity index (χ0v) is 14.6. The lowest BCUT2D eigenvalue weighted by Gasteiger charge is -2.15. The van der Waals surface area contributed by atoms with E-state index in [1.807, 2.05) is 6.20 Å². The Kier molecular flexibility index (Phi) is 9.35. The Morgan fingerprint density at radius 2 is 2.22 bits per heavy atom. The van der Waals surface area contributed by atoms with Crippen molar-refractivity contribution in [2.75, 3.05) is 6.54 Å². The molecule has 0 aliphatic rings. The van der Waals surface area contributed by atoms with Crippen molar-refractivity contribution < 1.29 is 0 Å². The second kappa shape index (κ2) is 9.55. The number of nitrogens with one attached hydrogen (secondary N) is 2. The van der Waals surface area contributed by atoms with Crippen molar-refractivity contribution in [3.63, 3.8) is 0 Å². The first kappa shape index (κ1) is 17.6. The smallest absolute Gasteiger partial charge is 0.191 e. The molecule has 1 aromatic heterocycles. The van der Waals surface area contributed by atoms with Crippen LogP contribution in [-0.4, -0.2) is 23.5 Å². The molecule has 0 aliphatic carbocycles. The minimum Gasteiger partial charge on any atom is -0.357 e.